The molecular formula is C18H23N3O2. The standard InChI is InChI=1S/C18H23N3O2/c1-2-3-4-8-13-19-18(23)16-11-12-17(22)21(20-16)14-15-9-6-5-7-10-15/h5-7,9-12H,2-4,8,13-14H2,1H3,(H,19,23). The van der Waals surface area contributed by atoms with Crippen LogP contribution in [0, 0.1) is 0 Å². The molecule has 0 atom stereocenters. The lowest BCUT2D eigenvalue weighted by Crippen LogP contribution is -2.30. The summed E-state index contributed by atoms with van der Waals surface area (Å²) in [7, 11) is 0. The Labute approximate surface area is 136 Å². The second-order valence-electron chi connectivity index (χ2n) is 5.52. The summed E-state index contributed by atoms with van der Waals surface area (Å²) in [5.41, 5.74) is 1.03. The summed E-state index contributed by atoms with van der Waals surface area (Å²) >= 11 is 0. The van der Waals surface area contributed by atoms with Crippen LogP contribution in [0.1, 0.15) is 48.7 Å². The van der Waals surface area contributed by atoms with Crippen molar-refractivity contribution in [3.8, 4) is 0 Å². The molecule has 1 heterocycles. The maximum atomic E-state index is 12.1. The van der Waals surface area contributed by atoms with E-state index in [1.807, 2.05) is 30.3 Å². The van der Waals surface area contributed by atoms with Gasteiger partial charge in [0, 0.05) is 12.6 Å². The van der Waals surface area contributed by atoms with Crippen molar-refractivity contribution in [1.29, 1.82) is 0 Å². The number of benzene rings is 1. The number of amides is 1. The van der Waals surface area contributed by atoms with Gasteiger partial charge in [-0.1, -0.05) is 56.5 Å². The van der Waals surface area contributed by atoms with Crippen LogP contribution in [0.2, 0.25) is 0 Å². The highest BCUT2D eigenvalue weighted by Crippen LogP contribution is 2.01. The lowest BCUT2D eigenvalue weighted by Gasteiger charge is -2.08. The van der Waals surface area contributed by atoms with Crippen LogP contribution in [0.3, 0.4) is 0 Å². The van der Waals surface area contributed by atoms with Crippen molar-refractivity contribution in [2.45, 2.75) is 39.2 Å². The number of hydrogen-bond acceptors (Lipinski definition) is 3. The molecule has 0 saturated heterocycles. The van der Waals surface area contributed by atoms with Crippen molar-refractivity contribution in [3.05, 3.63) is 64.1 Å². The molecule has 0 fully saturated rings. The van der Waals surface area contributed by atoms with Crippen molar-refractivity contribution in [3.63, 3.8) is 0 Å². The van der Waals surface area contributed by atoms with E-state index in [1.54, 1.807) is 0 Å². The van der Waals surface area contributed by atoms with Crippen LogP contribution in [0.5, 0.6) is 0 Å². The molecule has 2 aromatic rings. The Morgan fingerprint density at radius 1 is 1.09 bits per heavy atom. The van der Waals surface area contributed by atoms with Gasteiger partial charge in [0.2, 0.25) is 0 Å². The lowest BCUT2D eigenvalue weighted by atomic mass is 10.2. The molecular weight excluding hydrogens is 290 g/mol. The van der Waals surface area contributed by atoms with Crippen LogP contribution >= 0.6 is 0 Å². The van der Waals surface area contributed by atoms with Crippen LogP contribution in [-0.2, 0) is 6.54 Å². The van der Waals surface area contributed by atoms with Gasteiger partial charge in [-0.3, -0.25) is 9.59 Å². The summed E-state index contributed by atoms with van der Waals surface area (Å²) < 4.78 is 1.32. The first-order valence-corrected chi connectivity index (χ1v) is 8.11. The fourth-order valence-electron chi connectivity index (χ4n) is 2.28. The molecule has 0 radical (unpaired) electrons. The van der Waals surface area contributed by atoms with Crippen LogP contribution in [0.25, 0.3) is 0 Å². The maximum absolute atomic E-state index is 12.1. The lowest BCUT2D eigenvalue weighted by molar-refractivity contribution is 0.0945. The van der Waals surface area contributed by atoms with E-state index in [2.05, 4.69) is 17.3 Å². The third-order valence-corrected chi connectivity index (χ3v) is 3.59. The van der Waals surface area contributed by atoms with E-state index in [0.717, 1.165) is 18.4 Å². The summed E-state index contributed by atoms with van der Waals surface area (Å²) in [4.78, 5) is 24.0. The third-order valence-electron chi connectivity index (χ3n) is 3.59. The van der Waals surface area contributed by atoms with Crippen molar-refractivity contribution >= 4 is 5.91 Å². The zero-order chi connectivity index (χ0) is 16.5. The topological polar surface area (TPSA) is 64.0 Å². The average Bonchev–Trinajstić information content (AvgIpc) is 2.57. The Kier molecular flexibility index (Phi) is 6.54. The number of hydrogen-bond donors (Lipinski definition) is 1. The molecule has 5 nitrogen and oxygen atoms in total. The van der Waals surface area contributed by atoms with Crippen molar-refractivity contribution in [2.24, 2.45) is 0 Å². The SMILES string of the molecule is CCCCCCNC(=O)c1ccc(=O)n(Cc2ccccc2)n1. The van der Waals surface area contributed by atoms with Crippen molar-refractivity contribution in [1.82, 2.24) is 15.1 Å². The molecule has 5 heteroatoms. The molecule has 122 valence electrons. The molecule has 1 amide bonds. The van der Waals surface area contributed by atoms with Gasteiger partial charge >= 0.3 is 0 Å². The minimum absolute atomic E-state index is 0.214. The highest BCUT2D eigenvalue weighted by molar-refractivity contribution is 5.91. The van der Waals surface area contributed by atoms with Gasteiger partial charge in [-0.15, -0.1) is 0 Å². The zero-order valence-electron chi connectivity index (χ0n) is 13.5. The van der Waals surface area contributed by atoms with Crippen LogP contribution in [0.15, 0.2) is 47.3 Å². The molecule has 2 rings (SSSR count). The fraction of sp³-hybridized carbons (Fsp3) is 0.389. The van der Waals surface area contributed by atoms with E-state index in [4.69, 9.17) is 0 Å². The normalized spacial score (nSPS) is 10.5. The molecule has 0 saturated carbocycles. The molecule has 1 aromatic carbocycles. The minimum Gasteiger partial charge on any atom is -0.351 e. The van der Waals surface area contributed by atoms with Crippen molar-refractivity contribution in [2.75, 3.05) is 6.54 Å². The number of nitrogens with zero attached hydrogens (tertiary/aromatic N) is 2. The zero-order valence-corrected chi connectivity index (χ0v) is 13.5. The average molecular weight is 313 g/mol. The molecule has 0 aliphatic heterocycles. The van der Waals surface area contributed by atoms with Crippen LogP contribution < -0.4 is 10.9 Å². The second kappa shape index (κ2) is 8.88. The van der Waals surface area contributed by atoms with Crippen molar-refractivity contribution < 1.29 is 4.79 Å². The summed E-state index contributed by atoms with van der Waals surface area (Å²) in [6.45, 7) is 3.15. The second-order valence-corrected chi connectivity index (χ2v) is 5.52. The molecule has 23 heavy (non-hydrogen) atoms. The van der Waals surface area contributed by atoms with E-state index in [1.165, 1.54) is 29.7 Å². The van der Waals surface area contributed by atoms with Gasteiger partial charge in [0.05, 0.1) is 6.54 Å². The Morgan fingerprint density at radius 2 is 1.87 bits per heavy atom. The smallest absolute Gasteiger partial charge is 0.271 e. The maximum Gasteiger partial charge on any atom is 0.271 e. The van der Waals surface area contributed by atoms with Crippen LogP contribution in [0.4, 0.5) is 0 Å². The molecule has 0 aliphatic carbocycles. The minimum atomic E-state index is -0.233. The molecule has 0 spiro atoms. The molecule has 1 N–H and O–H groups in total. The largest absolute Gasteiger partial charge is 0.351 e. The van der Waals surface area contributed by atoms with E-state index in [0.29, 0.717) is 13.1 Å². The summed E-state index contributed by atoms with van der Waals surface area (Å²) in [6, 6.07) is 12.5. The molecule has 0 unspecified atom stereocenters. The quantitative estimate of drug-likeness (QED) is 0.762. The molecule has 0 bridgehead atoms. The van der Waals surface area contributed by atoms with E-state index >= 15 is 0 Å². The predicted octanol–water partition coefficient (Wildman–Crippen LogP) is 2.60. The van der Waals surface area contributed by atoms with E-state index in [9.17, 15) is 9.59 Å². The monoisotopic (exact) mass is 313 g/mol. The van der Waals surface area contributed by atoms with Crippen LogP contribution in [-0.4, -0.2) is 22.2 Å². The number of aromatic nitrogens is 2. The first kappa shape index (κ1) is 16.9. The fourth-order valence-corrected chi connectivity index (χ4v) is 2.28. The first-order valence-electron chi connectivity index (χ1n) is 8.11. The number of nitrogens with one attached hydrogen (secondary N) is 1. The van der Waals surface area contributed by atoms with Gasteiger partial charge in [0.15, 0.2) is 0 Å². The summed E-state index contributed by atoms with van der Waals surface area (Å²) in [5.74, 6) is -0.233. The Morgan fingerprint density at radius 3 is 2.61 bits per heavy atom. The third kappa shape index (κ3) is 5.36. The van der Waals surface area contributed by atoms with Gasteiger partial charge < -0.3 is 5.32 Å². The number of rotatable bonds is 8. The highest BCUT2D eigenvalue weighted by atomic mass is 16.2. The van der Waals surface area contributed by atoms with Gasteiger partial charge in [-0.25, -0.2) is 4.68 Å². The predicted molar refractivity (Wildman–Crippen MR) is 90.5 cm³/mol. The van der Waals surface area contributed by atoms with Gasteiger partial charge in [-0.05, 0) is 18.1 Å². The Balaban J connectivity index is 1.99. The molecule has 0 aliphatic rings. The Hall–Kier alpha value is -2.43. The highest BCUT2D eigenvalue weighted by Gasteiger charge is 2.09. The van der Waals surface area contributed by atoms with Gasteiger partial charge in [0.1, 0.15) is 5.69 Å². The summed E-state index contributed by atoms with van der Waals surface area (Å²) in [5, 5.41) is 7.03. The van der Waals surface area contributed by atoms with E-state index < -0.39 is 0 Å². The Bertz CT molecular complexity index is 680. The van der Waals surface area contributed by atoms with Gasteiger partial charge in [-0.2, -0.15) is 5.10 Å². The van der Waals surface area contributed by atoms with E-state index in [-0.39, 0.29) is 17.2 Å². The van der Waals surface area contributed by atoms with Gasteiger partial charge in [0.25, 0.3) is 11.5 Å². The molecule has 1 aromatic heterocycles. The number of carbonyl (C=O) groups excluding carboxylic acids is 1. The number of carbonyl (C=O) groups is 1. The number of unbranched alkanes of at least 4 members (excludes halogenated alkanes) is 3. The summed E-state index contributed by atoms with van der Waals surface area (Å²) in [6.07, 6.45) is 4.41. The first-order chi connectivity index (χ1) is 11.2.